The smallest absolute Gasteiger partial charge is 0.241 e. The zero-order valence-electron chi connectivity index (χ0n) is 7.05. The molecule has 0 heterocycles. The molecule has 0 saturated carbocycles. The van der Waals surface area contributed by atoms with E-state index in [0.717, 1.165) is 12.8 Å². The van der Waals surface area contributed by atoms with Gasteiger partial charge in [-0.2, -0.15) is 0 Å². The number of hydrogen-bond donors (Lipinski definition) is 0. The molecule has 0 aromatic carbocycles. The molecule has 0 aliphatic heterocycles. The van der Waals surface area contributed by atoms with Gasteiger partial charge in [0, 0.05) is 12.5 Å². The number of carbonyl (C=O) groups excluding carboxylic acids is 1. The first-order chi connectivity index (χ1) is 4.66. The van der Waals surface area contributed by atoms with Crippen LogP contribution in [0.3, 0.4) is 0 Å². The molecule has 2 heteroatoms. The second kappa shape index (κ2) is 5.27. The highest BCUT2D eigenvalue weighted by Crippen LogP contribution is 1.94. The van der Waals surface area contributed by atoms with Crippen molar-refractivity contribution in [1.29, 1.82) is 0 Å². The minimum atomic E-state index is 0.0526. The summed E-state index contributed by atoms with van der Waals surface area (Å²) in [5, 5.41) is 3.88. The number of unbranched alkanes of at least 4 members (excludes halogenated alkanes) is 1. The van der Waals surface area contributed by atoms with Crippen LogP contribution in [0, 0.1) is 0 Å². The highest BCUT2D eigenvalue weighted by Gasteiger charge is 2.02. The zero-order chi connectivity index (χ0) is 7.98. The minimum absolute atomic E-state index is 0.0526. The van der Waals surface area contributed by atoms with Crippen molar-refractivity contribution >= 4 is 5.91 Å². The molecule has 0 aromatic heterocycles. The lowest BCUT2D eigenvalue weighted by molar-refractivity contribution is -0.122. The molecule has 0 aliphatic rings. The second-order valence-corrected chi connectivity index (χ2v) is 2.72. The van der Waals surface area contributed by atoms with Crippen molar-refractivity contribution in [3.05, 3.63) is 0 Å². The third-order valence-corrected chi connectivity index (χ3v) is 1.15. The fraction of sp³-hybridized carbons (Fsp3) is 0.875. The molecule has 1 radical (unpaired) electrons. The molecule has 0 spiro atoms. The Bertz CT molecular complexity index is 99.4. The van der Waals surface area contributed by atoms with Crippen LogP contribution >= 0.6 is 0 Å². The third kappa shape index (κ3) is 5.60. The van der Waals surface area contributed by atoms with Gasteiger partial charge in [0.2, 0.25) is 5.91 Å². The fourth-order valence-electron chi connectivity index (χ4n) is 0.681. The fourth-order valence-corrected chi connectivity index (χ4v) is 0.681. The van der Waals surface area contributed by atoms with Crippen molar-refractivity contribution in [3.63, 3.8) is 0 Å². The van der Waals surface area contributed by atoms with Crippen LogP contribution in [0.15, 0.2) is 0 Å². The first-order valence-corrected chi connectivity index (χ1v) is 3.90. The van der Waals surface area contributed by atoms with Gasteiger partial charge in [0.25, 0.3) is 0 Å². The van der Waals surface area contributed by atoms with E-state index >= 15 is 0 Å². The van der Waals surface area contributed by atoms with Crippen LogP contribution in [-0.2, 0) is 4.79 Å². The van der Waals surface area contributed by atoms with E-state index in [1.54, 1.807) is 0 Å². The van der Waals surface area contributed by atoms with Crippen molar-refractivity contribution in [1.82, 2.24) is 5.32 Å². The van der Waals surface area contributed by atoms with Crippen LogP contribution in [-0.4, -0.2) is 11.9 Å². The summed E-state index contributed by atoms with van der Waals surface area (Å²) in [5.41, 5.74) is 0. The van der Waals surface area contributed by atoms with Crippen LogP contribution in [0.2, 0.25) is 0 Å². The van der Waals surface area contributed by atoms with E-state index in [4.69, 9.17) is 0 Å². The summed E-state index contributed by atoms with van der Waals surface area (Å²) in [6.45, 7) is 5.91. The monoisotopic (exact) mass is 142 g/mol. The quantitative estimate of drug-likeness (QED) is 0.588. The molecule has 0 unspecified atom stereocenters. The summed E-state index contributed by atoms with van der Waals surface area (Å²) < 4.78 is 0. The average molecular weight is 142 g/mol. The summed E-state index contributed by atoms with van der Waals surface area (Å²) in [4.78, 5) is 10.8. The molecule has 0 aliphatic carbocycles. The van der Waals surface area contributed by atoms with E-state index in [-0.39, 0.29) is 11.9 Å². The van der Waals surface area contributed by atoms with Crippen molar-refractivity contribution < 1.29 is 4.79 Å². The van der Waals surface area contributed by atoms with Gasteiger partial charge in [-0.05, 0) is 20.3 Å². The molecule has 0 atom stereocenters. The van der Waals surface area contributed by atoms with E-state index in [1.807, 2.05) is 13.8 Å². The van der Waals surface area contributed by atoms with Crippen LogP contribution in [0.4, 0.5) is 0 Å². The summed E-state index contributed by atoms with van der Waals surface area (Å²) in [6.07, 6.45) is 2.66. The summed E-state index contributed by atoms with van der Waals surface area (Å²) in [6, 6.07) is 0.157. The van der Waals surface area contributed by atoms with E-state index < -0.39 is 0 Å². The van der Waals surface area contributed by atoms with Gasteiger partial charge in [-0.15, -0.1) is 0 Å². The Balaban J connectivity index is 3.26. The van der Waals surface area contributed by atoms with Gasteiger partial charge < -0.3 is 0 Å². The van der Waals surface area contributed by atoms with Crippen molar-refractivity contribution in [2.24, 2.45) is 0 Å². The standard InChI is InChI=1S/C8H16NO/c1-4-5-6-8(10)9-7(2)3/h7H,4-6H2,1-3H3. The summed E-state index contributed by atoms with van der Waals surface area (Å²) >= 11 is 0. The summed E-state index contributed by atoms with van der Waals surface area (Å²) in [7, 11) is 0. The number of carbonyl (C=O) groups is 1. The maximum Gasteiger partial charge on any atom is 0.241 e. The molecule has 10 heavy (non-hydrogen) atoms. The topological polar surface area (TPSA) is 31.2 Å². The van der Waals surface area contributed by atoms with Gasteiger partial charge in [-0.25, -0.2) is 5.32 Å². The Morgan fingerprint density at radius 1 is 1.50 bits per heavy atom. The molecule has 0 rings (SSSR count). The van der Waals surface area contributed by atoms with E-state index in [2.05, 4.69) is 12.2 Å². The first kappa shape index (κ1) is 9.47. The predicted octanol–water partition coefficient (Wildman–Crippen LogP) is 1.72. The average Bonchev–Trinajstić information content (AvgIpc) is 1.82. The second-order valence-electron chi connectivity index (χ2n) is 2.72. The van der Waals surface area contributed by atoms with Crippen LogP contribution in [0.5, 0.6) is 0 Å². The third-order valence-electron chi connectivity index (χ3n) is 1.15. The number of amides is 1. The van der Waals surface area contributed by atoms with Crippen molar-refractivity contribution in [2.45, 2.75) is 46.1 Å². The zero-order valence-corrected chi connectivity index (χ0v) is 7.05. The lowest BCUT2D eigenvalue weighted by atomic mass is 10.2. The normalized spacial score (nSPS) is 10.0. The lowest BCUT2D eigenvalue weighted by Crippen LogP contribution is -2.21. The maximum absolute atomic E-state index is 10.8. The van der Waals surface area contributed by atoms with Crippen molar-refractivity contribution in [3.8, 4) is 0 Å². The summed E-state index contributed by atoms with van der Waals surface area (Å²) in [5.74, 6) is 0.0526. The molecule has 1 amide bonds. The molecular formula is C8H16NO. The van der Waals surface area contributed by atoms with Gasteiger partial charge in [0.15, 0.2) is 0 Å². The Hall–Kier alpha value is -0.530. The molecule has 0 bridgehead atoms. The highest BCUT2D eigenvalue weighted by molar-refractivity contribution is 5.75. The molecule has 0 N–H and O–H groups in total. The molecule has 2 nitrogen and oxygen atoms in total. The van der Waals surface area contributed by atoms with Crippen molar-refractivity contribution in [2.75, 3.05) is 0 Å². The van der Waals surface area contributed by atoms with E-state index in [0.29, 0.717) is 6.42 Å². The molecular weight excluding hydrogens is 126 g/mol. The number of rotatable bonds is 4. The Labute approximate surface area is 63.0 Å². The molecule has 0 fully saturated rings. The Morgan fingerprint density at radius 3 is 2.50 bits per heavy atom. The number of nitrogens with zero attached hydrogens (tertiary/aromatic N) is 1. The van der Waals surface area contributed by atoms with Gasteiger partial charge in [-0.1, -0.05) is 13.3 Å². The van der Waals surface area contributed by atoms with Gasteiger partial charge in [-0.3, -0.25) is 4.79 Å². The van der Waals surface area contributed by atoms with E-state index in [9.17, 15) is 4.79 Å². The van der Waals surface area contributed by atoms with Crippen LogP contribution in [0.1, 0.15) is 40.0 Å². The largest absolute Gasteiger partial charge is 0.273 e. The Kier molecular flexibility index (Phi) is 4.99. The van der Waals surface area contributed by atoms with Gasteiger partial charge in [0.1, 0.15) is 0 Å². The van der Waals surface area contributed by atoms with Gasteiger partial charge >= 0.3 is 0 Å². The van der Waals surface area contributed by atoms with Crippen LogP contribution in [0.25, 0.3) is 0 Å². The van der Waals surface area contributed by atoms with E-state index in [1.165, 1.54) is 0 Å². The highest BCUT2D eigenvalue weighted by atomic mass is 16.1. The Morgan fingerprint density at radius 2 is 2.10 bits per heavy atom. The number of hydrogen-bond acceptors (Lipinski definition) is 1. The minimum Gasteiger partial charge on any atom is -0.273 e. The first-order valence-electron chi connectivity index (χ1n) is 3.90. The predicted molar refractivity (Wildman–Crippen MR) is 41.8 cm³/mol. The van der Waals surface area contributed by atoms with Gasteiger partial charge in [0.05, 0.1) is 0 Å². The lowest BCUT2D eigenvalue weighted by Gasteiger charge is -2.02. The molecule has 0 aromatic rings. The maximum atomic E-state index is 10.8. The van der Waals surface area contributed by atoms with Crippen LogP contribution < -0.4 is 5.32 Å². The molecule has 59 valence electrons. The molecule has 0 saturated heterocycles. The SMILES string of the molecule is CCCCC(=O)[N]C(C)C.